The van der Waals surface area contributed by atoms with Gasteiger partial charge in [0.2, 0.25) is 5.91 Å². The van der Waals surface area contributed by atoms with Crippen LogP contribution in [0.25, 0.3) is 11.0 Å². The summed E-state index contributed by atoms with van der Waals surface area (Å²) in [6.45, 7) is 0.597. The van der Waals surface area contributed by atoms with Crippen molar-refractivity contribution >= 4 is 28.9 Å². The highest BCUT2D eigenvalue weighted by atomic mass is 16.5. The second-order valence-electron chi connectivity index (χ2n) is 7.56. The Morgan fingerprint density at radius 3 is 2.72 bits per heavy atom. The number of aromatic amines is 1. The lowest BCUT2D eigenvalue weighted by Gasteiger charge is -2.14. The molecule has 3 aromatic rings. The smallest absolute Gasteiger partial charge is 0.324 e. The molecule has 1 aromatic heterocycles. The van der Waals surface area contributed by atoms with Gasteiger partial charge in [0.25, 0.3) is 5.91 Å². The predicted molar refractivity (Wildman–Crippen MR) is 118 cm³/mol. The quantitative estimate of drug-likeness (QED) is 0.443. The first-order chi connectivity index (χ1) is 15.5. The van der Waals surface area contributed by atoms with Gasteiger partial charge in [0.1, 0.15) is 17.6 Å². The standard InChI is InChI=1S/C23H25N5O4/c1-32-19-9-5-2-6-15(19)11-13-28-22(30)18(27-23(28)31)14-21(29)24-12-10-20-25-16-7-3-4-8-17(16)26-20/h2-9,18H,10-14H2,1H3,(H,24,29)(H,25,26)(H,27,31)/t18-/m1/s1. The lowest BCUT2D eigenvalue weighted by molar-refractivity contribution is -0.130. The zero-order valence-corrected chi connectivity index (χ0v) is 17.8. The maximum Gasteiger partial charge on any atom is 0.324 e. The van der Waals surface area contributed by atoms with Crippen LogP contribution < -0.4 is 15.4 Å². The van der Waals surface area contributed by atoms with E-state index in [1.807, 2.05) is 48.5 Å². The molecule has 1 aliphatic rings. The third-order valence-corrected chi connectivity index (χ3v) is 5.42. The zero-order valence-electron chi connectivity index (χ0n) is 17.8. The maximum atomic E-state index is 12.6. The van der Waals surface area contributed by atoms with E-state index in [4.69, 9.17) is 4.74 Å². The summed E-state index contributed by atoms with van der Waals surface area (Å²) in [5, 5.41) is 5.39. The first-order valence-corrected chi connectivity index (χ1v) is 10.5. The third-order valence-electron chi connectivity index (χ3n) is 5.42. The fourth-order valence-corrected chi connectivity index (χ4v) is 3.77. The first kappa shape index (κ1) is 21.4. The van der Waals surface area contributed by atoms with E-state index in [-0.39, 0.29) is 18.9 Å². The van der Waals surface area contributed by atoms with Gasteiger partial charge < -0.3 is 20.4 Å². The summed E-state index contributed by atoms with van der Waals surface area (Å²) in [4.78, 5) is 46.0. The number of nitrogens with one attached hydrogen (secondary N) is 3. The summed E-state index contributed by atoms with van der Waals surface area (Å²) in [5.74, 6) is 0.794. The number of hydrogen-bond acceptors (Lipinski definition) is 5. The van der Waals surface area contributed by atoms with Crippen LogP contribution in [-0.4, -0.2) is 59.0 Å². The molecule has 0 radical (unpaired) electrons. The van der Waals surface area contributed by atoms with Gasteiger partial charge in [-0.25, -0.2) is 9.78 Å². The number of urea groups is 1. The fourth-order valence-electron chi connectivity index (χ4n) is 3.77. The Balaban J connectivity index is 1.25. The van der Waals surface area contributed by atoms with Crippen LogP contribution in [0.5, 0.6) is 5.75 Å². The number of aromatic nitrogens is 2. The molecule has 0 bridgehead atoms. The number of hydrogen-bond donors (Lipinski definition) is 3. The molecule has 3 N–H and O–H groups in total. The van der Waals surface area contributed by atoms with Crippen molar-refractivity contribution < 1.29 is 19.1 Å². The van der Waals surface area contributed by atoms with Crippen LogP contribution in [0.2, 0.25) is 0 Å². The molecule has 1 aliphatic heterocycles. The van der Waals surface area contributed by atoms with Gasteiger partial charge in [-0.1, -0.05) is 30.3 Å². The number of benzene rings is 2. The lowest BCUT2D eigenvalue weighted by atomic mass is 10.1. The minimum Gasteiger partial charge on any atom is -0.496 e. The second-order valence-corrected chi connectivity index (χ2v) is 7.56. The molecule has 9 heteroatoms. The van der Waals surface area contributed by atoms with Crippen molar-refractivity contribution in [1.29, 1.82) is 0 Å². The zero-order chi connectivity index (χ0) is 22.5. The maximum absolute atomic E-state index is 12.6. The van der Waals surface area contributed by atoms with Gasteiger partial charge in [-0.15, -0.1) is 0 Å². The molecule has 0 saturated carbocycles. The second kappa shape index (κ2) is 9.51. The van der Waals surface area contributed by atoms with E-state index in [9.17, 15) is 14.4 Å². The van der Waals surface area contributed by atoms with Crippen molar-refractivity contribution in [3.63, 3.8) is 0 Å². The fraction of sp³-hybridized carbons (Fsp3) is 0.304. The van der Waals surface area contributed by atoms with E-state index in [1.165, 1.54) is 0 Å². The third kappa shape index (κ3) is 4.72. The van der Waals surface area contributed by atoms with Crippen LogP contribution in [0.1, 0.15) is 17.8 Å². The van der Waals surface area contributed by atoms with Crippen molar-refractivity contribution in [2.24, 2.45) is 0 Å². The Hall–Kier alpha value is -3.88. The van der Waals surface area contributed by atoms with Crippen LogP contribution in [0.3, 0.4) is 0 Å². The summed E-state index contributed by atoms with van der Waals surface area (Å²) in [7, 11) is 1.58. The van der Waals surface area contributed by atoms with Gasteiger partial charge in [-0.3, -0.25) is 14.5 Å². The SMILES string of the molecule is COc1ccccc1CCN1C(=O)N[C@H](CC(=O)NCCc2nc3ccccc3[nH]2)C1=O. The number of imide groups is 1. The Kier molecular flexibility index (Phi) is 6.34. The van der Waals surface area contributed by atoms with Crippen LogP contribution in [0.4, 0.5) is 4.79 Å². The van der Waals surface area contributed by atoms with Crippen LogP contribution >= 0.6 is 0 Å². The normalized spacial score (nSPS) is 15.8. The molecule has 2 aromatic carbocycles. The van der Waals surface area contributed by atoms with E-state index < -0.39 is 18.0 Å². The highest BCUT2D eigenvalue weighted by Gasteiger charge is 2.38. The topological polar surface area (TPSA) is 116 Å². The number of nitrogens with zero attached hydrogens (tertiary/aromatic N) is 2. The molecule has 1 fully saturated rings. The van der Waals surface area contributed by atoms with Crippen molar-refractivity contribution in [3.8, 4) is 5.75 Å². The van der Waals surface area contributed by atoms with Gasteiger partial charge >= 0.3 is 6.03 Å². The Labute approximate surface area is 185 Å². The van der Waals surface area contributed by atoms with Gasteiger partial charge in [0.05, 0.1) is 24.6 Å². The monoisotopic (exact) mass is 435 g/mol. The molecule has 0 unspecified atom stereocenters. The molecule has 1 saturated heterocycles. The average Bonchev–Trinajstić information content (AvgIpc) is 3.32. The van der Waals surface area contributed by atoms with E-state index in [2.05, 4.69) is 20.6 Å². The van der Waals surface area contributed by atoms with Crippen molar-refractivity contribution in [2.45, 2.75) is 25.3 Å². The number of rotatable bonds is 9. The molecule has 1 atom stereocenters. The number of carbonyl (C=O) groups excluding carboxylic acids is 3. The van der Waals surface area contributed by atoms with Gasteiger partial charge in [0.15, 0.2) is 0 Å². The molecule has 0 aliphatic carbocycles. The number of amides is 4. The number of ether oxygens (including phenoxy) is 1. The molecule has 4 amide bonds. The summed E-state index contributed by atoms with van der Waals surface area (Å²) < 4.78 is 5.31. The predicted octanol–water partition coefficient (Wildman–Crippen LogP) is 1.78. The molecule has 0 spiro atoms. The summed E-state index contributed by atoms with van der Waals surface area (Å²) >= 11 is 0. The number of imidazole rings is 1. The molecule has 9 nitrogen and oxygen atoms in total. The largest absolute Gasteiger partial charge is 0.496 e. The van der Waals surface area contributed by atoms with Crippen LogP contribution in [0.15, 0.2) is 48.5 Å². The molecule has 166 valence electrons. The highest BCUT2D eigenvalue weighted by molar-refractivity contribution is 6.05. The highest BCUT2D eigenvalue weighted by Crippen LogP contribution is 2.19. The minimum absolute atomic E-state index is 0.101. The molecular formula is C23H25N5O4. The van der Waals surface area contributed by atoms with Crippen molar-refractivity contribution in [3.05, 3.63) is 59.9 Å². The molecule has 4 rings (SSSR count). The lowest BCUT2D eigenvalue weighted by Crippen LogP contribution is -2.37. The van der Waals surface area contributed by atoms with Gasteiger partial charge in [-0.2, -0.15) is 0 Å². The first-order valence-electron chi connectivity index (χ1n) is 10.5. The Bertz CT molecular complexity index is 1110. The number of methoxy groups -OCH3 is 1. The van der Waals surface area contributed by atoms with E-state index >= 15 is 0 Å². The average molecular weight is 435 g/mol. The summed E-state index contributed by atoms with van der Waals surface area (Å²) in [6, 6.07) is 13.8. The Morgan fingerprint density at radius 1 is 1.12 bits per heavy atom. The van der Waals surface area contributed by atoms with Gasteiger partial charge in [0, 0.05) is 19.5 Å². The number of para-hydroxylation sites is 3. The van der Waals surface area contributed by atoms with E-state index in [1.54, 1.807) is 7.11 Å². The number of carbonyl (C=O) groups is 3. The van der Waals surface area contributed by atoms with Crippen LogP contribution in [-0.2, 0) is 22.4 Å². The number of H-pyrrole nitrogens is 1. The minimum atomic E-state index is -0.855. The molecular weight excluding hydrogens is 410 g/mol. The Morgan fingerprint density at radius 2 is 1.91 bits per heavy atom. The van der Waals surface area contributed by atoms with Gasteiger partial charge in [-0.05, 0) is 30.2 Å². The van der Waals surface area contributed by atoms with Crippen molar-refractivity contribution in [1.82, 2.24) is 25.5 Å². The van der Waals surface area contributed by atoms with Crippen molar-refractivity contribution in [2.75, 3.05) is 20.2 Å². The summed E-state index contributed by atoms with van der Waals surface area (Å²) in [5.41, 5.74) is 2.73. The van der Waals surface area contributed by atoms with E-state index in [0.29, 0.717) is 25.1 Å². The molecule has 2 heterocycles. The van der Waals surface area contributed by atoms with Crippen LogP contribution in [0, 0.1) is 0 Å². The van der Waals surface area contributed by atoms with E-state index in [0.717, 1.165) is 27.3 Å². The molecule has 32 heavy (non-hydrogen) atoms. The summed E-state index contributed by atoms with van der Waals surface area (Å²) in [6.07, 6.45) is 0.909. The number of fused-ring (bicyclic) bond motifs is 1.